The number of hydrogen-bond donors (Lipinski definition) is 0. The summed E-state index contributed by atoms with van der Waals surface area (Å²) in [5, 5.41) is 4.25. The van der Waals surface area contributed by atoms with Gasteiger partial charge in [0.2, 0.25) is 0 Å². The summed E-state index contributed by atoms with van der Waals surface area (Å²) in [6, 6.07) is 8.02. The van der Waals surface area contributed by atoms with Crippen molar-refractivity contribution in [1.29, 1.82) is 0 Å². The molecule has 10 heavy (non-hydrogen) atoms. The molecule has 0 saturated carbocycles. The van der Waals surface area contributed by atoms with Crippen LogP contribution < -0.4 is 10.6 Å². The molecular weight excluding hydrogens is 142 g/mol. The number of benzene rings is 1. The standard InChI is InChI=1S/C8H5NS/c1-2-4-8-7(3-1)5-10-6-9-8/h1-5H. The summed E-state index contributed by atoms with van der Waals surface area (Å²) in [6.45, 7) is 0. The summed E-state index contributed by atoms with van der Waals surface area (Å²) in [5.41, 5.74) is 0. The smallest absolute Gasteiger partial charge is 0.187 e. The summed E-state index contributed by atoms with van der Waals surface area (Å²) in [7, 11) is 0. The molecule has 48 valence electrons. The predicted octanol–water partition coefficient (Wildman–Crippen LogP) is 0.787. The third kappa shape index (κ3) is 0.948. The minimum atomic E-state index is 1.02. The van der Waals surface area contributed by atoms with Crippen molar-refractivity contribution in [2.45, 2.75) is 0 Å². The number of rotatable bonds is 0. The quantitative estimate of drug-likeness (QED) is 0.528. The highest BCUT2D eigenvalue weighted by atomic mass is 32.2. The van der Waals surface area contributed by atoms with Crippen molar-refractivity contribution in [3.8, 4) is 0 Å². The number of nitrogens with zero attached hydrogens (tertiary/aromatic N) is 1. The van der Waals surface area contributed by atoms with Crippen LogP contribution >= 0.6 is 11.8 Å². The van der Waals surface area contributed by atoms with Gasteiger partial charge < -0.3 is 0 Å². The molecule has 0 aromatic heterocycles. The Morgan fingerprint density at radius 2 is 2.20 bits per heavy atom. The van der Waals surface area contributed by atoms with Gasteiger partial charge in [-0.15, -0.1) is 0 Å². The summed E-state index contributed by atoms with van der Waals surface area (Å²) >= 11 is 1.50. The molecule has 2 rings (SSSR count). The first-order chi connectivity index (χ1) is 4.97. The van der Waals surface area contributed by atoms with Crippen LogP contribution in [0.5, 0.6) is 0 Å². The van der Waals surface area contributed by atoms with Crippen molar-refractivity contribution in [3.05, 3.63) is 40.7 Å². The Bertz CT molecular complexity index is 308. The van der Waals surface area contributed by atoms with Crippen molar-refractivity contribution in [2.24, 2.45) is 4.99 Å². The highest BCUT2D eigenvalue weighted by molar-refractivity contribution is 8.08. The second-order valence-electron chi connectivity index (χ2n) is 2.00. The van der Waals surface area contributed by atoms with Crippen LogP contribution in [0.25, 0.3) is 5.41 Å². The third-order valence-electron chi connectivity index (χ3n) is 1.34. The molecule has 1 aromatic rings. The van der Waals surface area contributed by atoms with E-state index >= 15 is 0 Å². The van der Waals surface area contributed by atoms with Gasteiger partial charge in [0.25, 0.3) is 0 Å². The molecule has 0 bridgehead atoms. The summed E-state index contributed by atoms with van der Waals surface area (Å²) in [5.74, 6) is 2.83. The maximum Gasteiger partial charge on any atom is 0.187 e. The highest BCUT2D eigenvalue weighted by Gasteiger charge is 1.91. The zero-order valence-electron chi connectivity index (χ0n) is 5.24. The summed E-state index contributed by atoms with van der Waals surface area (Å²) in [6.07, 6.45) is 0. The Balaban J connectivity index is 2.84. The van der Waals surface area contributed by atoms with Crippen LogP contribution in [0.15, 0.2) is 29.3 Å². The Morgan fingerprint density at radius 3 is 3.10 bits per heavy atom. The van der Waals surface area contributed by atoms with Gasteiger partial charge >= 0.3 is 0 Å². The molecular formula is C8H5NS. The minimum Gasteiger partial charge on any atom is -0.259 e. The van der Waals surface area contributed by atoms with Gasteiger partial charge in [-0.3, -0.25) is 4.99 Å². The van der Waals surface area contributed by atoms with Crippen molar-refractivity contribution >= 4 is 17.2 Å². The second kappa shape index (κ2) is 2.46. The van der Waals surface area contributed by atoms with E-state index in [4.69, 9.17) is 0 Å². The van der Waals surface area contributed by atoms with Gasteiger partial charge in [0, 0.05) is 5.22 Å². The number of fused-ring (bicyclic) bond motifs is 1. The molecule has 0 N–H and O–H groups in total. The van der Waals surface area contributed by atoms with Gasteiger partial charge in [-0.2, -0.15) is 0 Å². The molecule has 0 aliphatic carbocycles. The highest BCUT2D eigenvalue weighted by Crippen LogP contribution is 2.07. The van der Waals surface area contributed by atoms with E-state index in [9.17, 15) is 0 Å². The van der Waals surface area contributed by atoms with E-state index in [1.165, 1.54) is 17.0 Å². The van der Waals surface area contributed by atoms with Gasteiger partial charge in [0.1, 0.15) is 0 Å². The Hall–Kier alpha value is -0.760. The Kier molecular flexibility index (Phi) is 1.47. The van der Waals surface area contributed by atoms with Crippen molar-refractivity contribution in [1.82, 2.24) is 0 Å². The fraction of sp³-hybridized carbons (Fsp3) is 0. The SMILES string of the molecule is [C]1N=c2ccccc2=CS1. The van der Waals surface area contributed by atoms with E-state index in [1.54, 1.807) is 0 Å². The van der Waals surface area contributed by atoms with E-state index in [1.807, 2.05) is 29.7 Å². The first kappa shape index (κ1) is 5.98. The van der Waals surface area contributed by atoms with E-state index in [0.29, 0.717) is 0 Å². The average Bonchev–Trinajstić information content (AvgIpc) is 2.05. The number of hydrogen-bond acceptors (Lipinski definition) is 2. The lowest BCUT2D eigenvalue weighted by molar-refractivity contribution is 1.28. The van der Waals surface area contributed by atoms with Crippen molar-refractivity contribution in [2.75, 3.05) is 0 Å². The average molecular weight is 147 g/mol. The van der Waals surface area contributed by atoms with Gasteiger partial charge in [0.15, 0.2) is 5.88 Å². The van der Waals surface area contributed by atoms with E-state index in [0.717, 1.165) is 5.36 Å². The lowest BCUT2D eigenvalue weighted by Crippen LogP contribution is -2.24. The zero-order valence-corrected chi connectivity index (χ0v) is 6.06. The summed E-state index contributed by atoms with van der Waals surface area (Å²) in [4.78, 5) is 4.07. The van der Waals surface area contributed by atoms with Crippen LogP contribution in [0, 0.1) is 5.88 Å². The topological polar surface area (TPSA) is 12.4 Å². The van der Waals surface area contributed by atoms with Crippen LogP contribution in [0.4, 0.5) is 0 Å². The molecule has 0 fully saturated rings. The first-order valence-electron chi connectivity index (χ1n) is 3.00. The van der Waals surface area contributed by atoms with Gasteiger partial charge in [0.05, 0.1) is 5.36 Å². The van der Waals surface area contributed by atoms with Crippen molar-refractivity contribution in [3.63, 3.8) is 0 Å². The lowest BCUT2D eigenvalue weighted by atomic mass is 10.3. The predicted molar refractivity (Wildman–Crippen MR) is 42.5 cm³/mol. The minimum absolute atomic E-state index is 1.02. The molecule has 0 atom stereocenters. The largest absolute Gasteiger partial charge is 0.259 e. The second-order valence-corrected chi connectivity index (χ2v) is 2.65. The van der Waals surface area contributed by atoms with Gasteiger partial charge in [-0.25, -0.2) is 0 Å². The summed E-state index contributed by atoms with van der Waals surface area (Å²) < 4.78 is 0. The molecule has 0 amide bonds. The molecule has 0 spiro atoms. The third-order valence-corrected chi connectivity index (χ3v) is 1.91. The molecule has 1 aliphatic rings. The molecule has 1 nitrogen and oxygen atoms in total. The maximum absolute atomic E-state index is 4.07. The maximum atomic E-state index is 4.07. The number of para-hydroxylation sites is 1. The fourth-order valence-electron chi connectivity index (χ4n) is 0.854. The zero-order chi connectivity index (χ0) is 6.81. The molecule has 1 heterocycles. The molecule has 1 aromatic carbocycles. The van der Waals surface area contributed by atoms with E-state index in [-0.39, 0.29) is 0 Å². The van der Waals surface area contributed by atoms with E-state index < -0.39 is 0 Å². The van der Waals surface area contributed by atoms with Crippen LogP contribution in [0.2, 0.25) is 0 Å². The molecule has 0 unspecified atom stereocenters. The Morgan fingerprint density at radius 1 is 1.30 bits per heavy atom. The van der Waals surface area contributed by atoms with Gasteiger partial charge in [-0.1, -0.05) is 30.0 Å². The van der Waals surface area contributed by atoms with Crippen LogP contribution in [-0.4, -0.2) is 0 Å². The first-order valence-corrected chi connectivity index (χ1v) is 3.88. The van der Waals surface area contributed by atoms with E-state index in [2.05, 4.69) is 10.9 Å². The van der Waals surface area contributed by atoms with Crippen LogP contribution in [-0.2, 0) is 0 Å². The Labute approximate surface area is 63.5 Å². The molecule has 2 heteroatoms. The van der Waals surface area contributed by atoms with Crippen LogP contribution in [0.1, 0.15) is 0 Å². The molecule has 0 saturated heterocycles. The van der Waals surface area contributed by atoms with Crippen molar-refractivity contribution < 1.29 is 0 Å². The lowest BCUT2D eigenvalue weighted by Gasteiger charge is -1.94. The van der Waals surface area contributed by atoms with Gasteiger partial charge in [-0.05, 0) is 11.5 Å². The normalized spacial score (nSPS) is 14.8. The fourth-order valence-corrected chi connectivity index (χ4v) is 1.38. The monoisotopic (exact) mass is 147 g/mol. The number of thioether (sulfide) groups is 1. The molecule has 2 radical (unpaired) electrons. The molecule has 1 aliphatic heterocycles. The van der Waals surface area contributed by atoms with Crippen LogP contribution in [0.3, 0.4) is 0 Å².